The standard InChI is InChI=1S/C27H36Cl4N4/c1-21-16-26(34(12-8-28)13-9-29)6-4-24(21)19-32-18-23(3)33-20-25-5-7-27(17-22(25)2)35(14-10-30)15-11-31/h4-7,16-17,19-20,23H,8-15,18H2,1-3H3/t23-/m1/s1. The summed E-state index contributed by atoms with van der Waals surface area (Å²) in [4.78, 5) is 13.7. The summed E-state index contributed by atoms with van der Waals surface area (Å²) in [5.74, 6) is 2.28. The number of nitrogens with zero attached hydrogens (tertiary/aromatic N) is 4. The molecule has 2 aromatic rings. The van der Waals surface area contributed by atoms with Crippen LogP contribution in [-0.2, 0) is 0 Å². The third kappa shape index (κ3) is 9.84. The highest BCUT2D eigenvalue weighted by Gasteiger charge is 2.08. The SMILES string of the molecule is Cc1cc(N(CCCl)CCCl)ccc1C=NC[C@@H](C)N=Cc1ccc(N(CCCl)CCCl)cc1C. The smallest absolute Gasteiger partial charge is 0.0666 e. The summed E-state index contributed by atoms with van der Waals surface area (Å²) in [7, 11) is 0. The third-order valence-electron chi connectivity index (χ3n) is 5.72. The molecular weight excluding hydrogens is 522 g/mol. The Hall–Kier alpha value is -1.46. The molecule has 0 aromatic heterocycles. The number of rotatable bonds is 15. The molecule has 0 bridgehead atoms. The van der Waals surface area contributed by atoms with Crippen molar-refractivity contribution in [1.29, 1.82) is 0 Å². The highest BCUT2D eigenvalue weighted by molar-refractivity contribution is 6.19. The van der Waals surface area contributed by atoms with E-state index in [0.29, 0.717) is 30.1 Å². The van der Waals surface area contributed by atoms with E-state index in [1.807, 2.05) is 12.4 Å². The van der Waals surface area contributed by atoms with E-state index in [1.54, 1.807) is 0 Å². The van der Waals surface area contributed by atoms with Gasteiger partial charge in [-0.15, -0.1) is 46.4 Å². The number of halogens is 4. The van der Waals surface area contributed by atoms with Crippen molar-refractivity contribution in [3.05, 3.63) is 58.7 Å². The molecule has 8 heteroatoms. The highest BCUT2D eigenvalue weighted by Crippen LogP contribution is 2.20. The lowest BCUT2D eigenvalue weighted by molar-refractivity contribution is 0.761. The maximum Gasteiger partial charge on any atom is 0.0666 e. The quantitative estimate of drug-likeness (QED) is 0.178. The molecule has 0 radical (unpaired) electrons. The first-order chi connectivity index (χ1) is 16.9. The number of aliphatic imine (C=N–C) groups is 2. The average molecular weight is 558 g/mol. The van der Waals surface area contributed by atoms with Crippen LogP contribution in [0.15, 0.2) is 46.4 Å². The van der Waals surface area contributed by atoms with Gasteiger partial charge in [0.25, 0.3) is 0 Å². The number of anilines is 2. The monoisotopic (exact) mass is 556 g/mol. The largest absolute Gasteiger partial charge is 0.369 e. The second kappa shape index (κ2) is 16.3. The van der Waals surface area contributed by atoms with Crippen molar-refractivity contribution in [2.75, 3.05) is 66.0 Å². The lowest BCUT2D eigenvalue weighted by Crippen LogP contribution is -2.27. The minimum absolute atomic E-state index is 0.0804. The number of aryl methyl sites for hydroxylation is 2. The molecule has 0 aliphatic heterocycles. The molecule has 2 aromatic carbocycles. The molecule has 0 fully saturated rings. The Balaban J connectivity index is 1.98. The summed E-state index contributed by atoms with van der Waals surface area (Å²) in [6.45, 7) is 10.00. The fourth-order valence-corrected chi connectivity index (χ4v) is 4.53. The number of hydrogen-bond donors (Lipinski definition) is 0. The number of alkyl halides is 4. The maximum atomic E-state index is 5.94. The molecule has 0 N–H and O–H groups in total. The van der Waals surface area contributed by atoms with E-state index in [2.05, 4.69) is 72.0 Å². The van der Waals surface area contributed by atoms with Crippen LogP contribution in [0.4, 0.5) is 11.4 Å². The van der Waals surface area contributed by atoms with Crippen molar-refractivity contribution in [2.45, 2.75) is 26.8 Å². The second-order valence-electron chi connectivity index (χ2n) is 8.43. The van der Waals surface area contributed by atoms with Gasteiger partial charge in [-0.25, -0.2) is 0 Å². The molecule has 2 rings (SSSR count). The molecule has 0 amide bonds. The lowest BCUT2D eigenvalue weighted by Gasteiger charge is -2.23. The summed E-state index contributed by atoms with van der Waals surface area (Å²) in [6.07, 6.45) is 3.87. The highest BCUT2D eigenvalue weighted by atomic mass is 35.5. The first-order valence-corrected chi connectivity index (χ1v) is 14.0. The molecule has 4 nitrogen and oxygen atoms in total. The Labute approximate surface area is 230 Å². The van der Waals surface area contributed by atoms with Gasteiger partial charge >= 0.3 is 0 Å². The van der Waals surface area contributed by atoms with Gasteiger partial charge in [0.2, 0.25) is 0 Å². The van der Waals surface area contributed by atoms with Gasteiger partial charge < -0.3 is 9.80 Å². The molecule has 0 heterocycles. The summed E-state index contributed by atoms with van der Waals surface area (Å²) in [5.41, 5.74) is 6.81. The predicted octanol–water partition coefficient (Wildman–Crippen LogP) is 6.80. The Kier molecular flexibility index (Phi) is 13.9. The van der Waals surface area contributed by atoms with Crippen molar-refractivity contribution >= 4 is 70.2 Å². The van der Waals surface area contributed by atoms with Gasteiger partial charge in [0, 0.05) is 73.5 Å². The van der Waals surface area contributed by atoms with E-state index in [-0.39, 0.29) is 6.04 Å². The fraction of sp³-hybridized carbons (Fsp3) is 0.481. The molecule has 0 aliphatic rings. The normalized spacial score (nSPS) is 12.5. The Morgan fingerprint density at radius 2 is 1.14 bits per heavy atom. The van der Waals surface area contributed by atoms with Crippen molar-refractivity contribution in [1.82, 2.24) is 0 Å². The first-order valence-electron chi connectivity index (χ1n) is 11.9. The molecule has 0 spiro atoms. The van der Waals surface area contributed by atoms with Crippen molar-refractivity contribution < 1.29 is 0 Å². The predicted molar refractivity (Wildman–Crippen MR) is 159 cm³/mol. The van der Waals surface area contributed by atoms with E-state index in [0.717, 1.165) is 48.7 Å². The van der Waals surface area contributed by atoms with E-state index >= 15 is 0 Å². The van der Waals surface area contributed by atoms with Gasteiger partial charge in [-0.2, -0.15) is 0 Å². The van der Waals surface area contributed by atoms with Crippen LogP contribution in [0.1, 0.15) is 29.2 Å². The second-order valence-corrected chi connectivity index (χ2v) is 9.95. The van der Waals surface area contributed by atoms with Crippen LogP contribution in [0.2, 0.25) is 0 Å². The van der Waals surface area contributed by atoms with Gasteiger partial charge in [-0.3, -0.25) is 9.98 Å². The molecular formula is C27H36Cl4N4. The molecule has 0 saturated carbocycles. The van der Waals surface area contributed by atoms with Gasteiger partial charge in [-0.05, 0) is 67.3 Å². The van der Waals surface area contributed by atoms with E-state index in [4.69, 9.17) is 51.4 Å². The van der Waals surface area contributed by atoms with Crippen LogP contribution >= 0.6 is 46.4 Å². The zero-order chi connectivity index (χ0) is 25.6. The van der Waals surface area contributed by atoms with E-state index in [9.17, 15) is 0 Å². The van der Waals surface area contributed by atoms with Gasteiger partial charge in [-0.1, -0.05) is 12.1 Å². The zero-order valence-corrected chi connectivity index (χ0v) is 23.9. The lowest BCUT2D eigenvalue weighted by atomic mass is 10.1. The third-order valence-corrected chi connectivity index (χ3v) is 6.40. The molecule has 192 valence electrons. The molecule has 0 aliphatic carbocycles. The summed E-state index contributed by atoms with van der Waals surface area (Å²) in [5, 5.41) is 0. The Bertz CT molecular complexity index is 952. The topological polar surface area (TPSA) is 31.2 Å². The van der Waals surface area contributed by atoms with Crippen LogP contribution in [-0.4, -0.2) is 74.7 Å². The van der Waals surface area contributed by atoms with Crippen LogP contribution < -0.4 is 9.80 Å². The summed E-state index contributed by atoms with van der Waals surface area (Å²) >= 11 is 23.8. The van der Waals surface area contributed by atoms with Crippen LogP contribution in [0.5, 0.6) is 0 Å². The number of benzene rings is 2. The van der Waals surface area contributed by atoms with Gasteiger partial charge in [0.1, 0.15) is 0 Å². The van der Waals surface area contributed by atoms with E-state index in [1.165, 1.54) is 11.1 Å². The minimum Gasteiger partial charge on any atom is -0.369 e. The Morgan fingerprint density at radius 3 is 1.54 bits per heavy atom. The van der Waals surface area contributed by atoms with Crippen molar-refractivity contribution in [3.63, 3.8) is 0 Å². The summed E-state index contributed by atoms with van der Waals surface area (Å²) in [6, 6.07) is 12.8. The van der Waals surface area contributed by atoms with Gasteiger partial charge in [0.15, 0.2) is 0 Å². The van der Waals surface area contributed by atoms with E-state index < -0.39 is 0 Å². The zero-order valence-electron chi connectivity index (χ0n) is 20.9. The fourth-order valence-electron chi connectivity index (χ4n) is 3.71. The molecule has 0 saturated heterocycles. The van der Waals surface area contributed by atoms with Crippen LogP contribution in [0.3, 0.4) is 0 Å². The maximum absolute atomic E-state index is 5.94. The Morgan fingerprint density at radius 1 is 0.714 bits per heavy atom. The number of hydrogen-bond acceptors (Lipinski definition) is 4. The van der Waals surface area contributed by atoms with Gasteiger partial charge in [0.05, 0.1) is 12.6 Å². The van der Waals surface area contributed by atoms with Crippen LogP contribution in [0, 0.1) is 13.8 Å². The van der Waals surface area contributed by atoms with Crippen molar-refractivity contribution in [2.24, 2.45) is 9.98 Å². The summed E-state index contributed by atoms with van der Waals surface area (Å²) < 4.78 is 0. The van der Waals surface area contributed by atoms with Crippen molar-refractivity contribution in [3.8, 4) is 0 Å². The molecule has 0 unspecified atom stereocenters. The average Bonchev–Trinajstić information content (AvgIpc) is 2.84. The molecule has 35 heavy (non-hydrogen) atoms. The minimum atomic E-state index is 0.0804. The van der Waals surface area contributed by atoms with Crippen LogP contribution in [0.25, 0.3) is 0 Å². The molecule has 1 atom stereocenters. The first kappa shape index (κ1) is 29.8.